The standard InChI is InChI=1S/C22H27FO2/c1-3-9-22(25)10-8-19-18-6-4-14-11-16(24)5-7-17(14)20(18)15(13-23)12-21(19,22)2/h11,13,17-20,25H,4-8,10,12H2,1-2H3/b15-13-/t17-,18-,19-,20+,21-,22-/m0/s1. The van der Waals surface area contributed by atoms with Gasteiger partial charge in [-0.25, -0.2) is 4.39 Å². The predicted molar refractivity (Wildman–Crippen MR) is 95.1 cm³/mol. The van der Waals surface area contributed by atoms with Crippen LogP contribution in [0.5, 0.6) is 0 Å². The Balaban J connectivity index is 1.75. The minimum atomic E-state index is -1.01. The van der Waals surface area contributed by atoms with Gasteiger partial charge in [-0.2, -0.15) is 0 Å². The average molecular weight is 342 g/mol. The molecule has 0 heterocycles. The molecular weight excluding hydrogens is 315 g/mol. The van der Waals surface area contributed by atoms with Gasteiger partial charge in [0.25, 0.3) is 0 Å². The molecule has 0 radical (unpaired) electrons. The van der Waals surface area contributed by atoms with E-state index in [9.17, 15) is 14.3 Å². The highest BCUT2D eigenvalue weighted by Gasteiger charge is 2.63. The highest BCUT2D eigenvalue weighted by molar-refractivity contribution is 5.91. The third-order valence-corrected chi connectivity index (χ3v) is 7.75. The molecule has 6 atom stereocenters. The summed E-state index contributed by atoms with van der Waals surface area (Å²) in [6.45, 7) is 3.88. The summed E-state index contributed by atoms with van der Waals surface area (Å²) in [5, 5.41) is 11.2. The van der Waals surface area contributed by atoms with Crippen LogP contribution in [0.15, 0.2) is 23.6 Å². The maximum Gasteiger partial charge on any atom is 0.155 e. The first kappa shape index (κ1) is 17.0. The lowest BCUT2D eigenvalue weighted by molar-refractivity contribution is -0.116. The fourth-order valence-electron chi connectivity index (χ4n) is 6.64. The molecule has 0 aromatic carbocycles. The molecule has 0 amide bonds. The van der Waals surface area contributed by atoms with Crippen LogP contribution in [0.2, 0.25) is 0 Å². The summed E-state index contributed by atoms with van der Waals surface area (Å²) in [5.41, 5.74) is 0.694. The molecule has 4 rings (SSSR count). The molecular formula is C22H27FO2. The number of carbonyl (C=O) groups is 1. The van der Waals surface area contributed by atoms with E-state index in [1.165, 1.54) is 5.57 Å². The molecule has 25 heavy (non-hydrogen) atoms. The van der Waals surface area contributed by atoms with Crippen molar-refractivity contribution in [2.45, 2.75) is 64.4 Å². The number of allylic oxidation sites excluding steroid dienone is 2. The van der Waals surface area contributed by atoms with Gasteiger partial charge >= 0.3 is 0 Å². The van der Waals surface area contributed by atoms with Gasteiger partial charge in [-0.3, -0.25) is 4.79 Å². The normalized spacial score (nSPS) is 47.3. The first-order valence-electron chi connectivity index (χ1n) is 9.62. The predicted octanol–water partition coefficient (Wildman–Crippen LogP) is 4.35. The third kappa shape index (κ3) is 2.30. The Morgan fingerprint density at radius 1 is 1.32 bits per heavy atom. The molecule has 0 saturated heterocycles. The van der Waals surface area contributed by atoms with Crippen molar-refractivity contribution in [1.82, 2.24) is 0 Å². The van der Waals surface area contributed by atoms with E-state index in [1.807, 2.05) is 6.08 Å². The highest BCUT2D eigenvalue weighted by Crippen LogP contribution is 2.66. The summed E-state index contributed by atoms with van der Waals surface area (Å²) < 4.78 is 14.0. The van der Waals surface area contributed by atoms with Gasteiger partial charge in [-0.1, -0.05) is 18.4 Å². The molecule has 0 spiro atoms. The average Bonchev–Trinajstić information content (AvgIpc) is 2.85. The number of fused-ring (bicyclic) bond motifs is 5. The zero-order valence-corrected chi connectivity index (χ0v) is 15.1. The van der Waals surface area contributed by atoms with E-state index in [0.29, 0.717) is 37.0 Å². The van der Waals surface area contributed by atoms with E-state index >= 15 is 0 Å². The van der Waals surface area contributed by atoms with Gasteiger partial charge in [0.1, 0.15) is 5.60 Å². The van der Waals surface area contributed by atoms with Gasteiger partial charge in [-0.05, 0) is 80.8 Å². The number of hydrogen-bond donors (Lipinski definition) is 1. The van der Waals surface area contributed by atoms with Crippen LogP contribution in [0.25, 0.3) is 0 Å². The number of rotatable bonds is 0. The Labute approximate surface area is 149 Å². The number of halogens is 1. The van der Waals surface area contributed by atoms with E-state index in [0.717, 1.165) is 37.6 Å². The lowest BCUT2D eigenvalue weighted by Crippen LogP contribution is -2.53. The minimum Gasteiger partial charge on any atom is -0.377 e. The lowest BCUT2D eigenvalue weighted by atomic mass is 9.49. The van der Waals surface area contributed by atoms with Crippen LogP contribution >= 0.6 is 0 Å². The van der Waals surface area contributed by atoms with E-state index in [2.05, 4.69) is 18.8 Å². The number of hydrogen-bond acceptors (Lipinski definition) is 2. The molecule has 0 unspecified atom stereocenters. The molecule has 0 aromatic heterocycles. The van der Waals surface area contributed by atoms with Crippen LogP contribution < -0.4 is 0 Å². The Kier molecular flexibility index (Phi) is 3.96. The molecule has 3 fully saturated rings. The molecule has 3 saturated carbocycles. The van der Waals surface area contributed by atoms with Gasteiger partial charge in [0, 0.05) is 11.8 Å². The molecule has 2 nitrogen and oxygen atoms in total. The van der Waals surface area contributed by atoms with Crippen LogP contribution in [0.3, 0.4) is 0 Å². The zero-order valence-electron chi connectivity index (χ0n) is 15.1. The molecule has 134 valence electrons. The fourth-order valence-corrected chi connectivity index (χ4v) is 6.64. The van der Waals surface area contributed by atoms with E-state index in [4.69, 9.17) is 0 Å². The SMILES string of the molecule is CC#C[C@]1(O)CC[C@H]2[C@@H]3CCC4=CC(=O)CC[C@@H]4[C@H]3/C(=C\F)C[C@@]21C. The summed E-state index contributed by atoms with van der Waals surface area (Å²) >= 11 is 0. The van der Waals surface area contributed by atoms with E-state index in [-0.39, 0.29) is 17.1 Å². The number of carbonyl (C=O) groups excluding carboxylic acids is 1. The van der Waals surface area contributed by atoms with Crippen LogP contribution in [0, 0.1) is 40.9 Å². The van der Waals surface area contributed by atoms with Crippen LogP contribution in [0.4, 0.5) is 4.39 Å². The Morgan fingerprint density at radius 3 is 2.84 bits per heavy atom. The van der Waals surface area contributed by atoms with Crippen molar-refractivity contribution in [3.8, 4) is 11.8 Å². The highest BCUT2D eigenvalue weighted by atomic mass is 19.1. The second-order valence-corrected chi connectivity index (χ2v) is 8.72. The maximum atomic E-state index is 14.0. The molecule has 1 N–H and O–H groups in total. The molecule has 0 bridgehead atoms. The summed E-state index contributed by atoms with van der Waals surface area (Å²) in [6.07, 6.45) is 8.25. The van der Waals surface area contributed by atoms with Crippen molar-refractivity contribution in [2.24, 2.45) is 29.1 Å². The second kappa shape index (κ2) is 5.81. The van der Waals surface area contributed by atoms with Crippen molar-refractivity contribution in [1.29, 1.82) is 0 Å². The Hall–Kier alpha value is -1.40. The molecule has 4 aliphatic carbocycles. The Bertz CT molecular complexity index is 724. The summed E-state index contributed by atoms with van der Waals surface area (Å²) in [7, 11) is 0. The smallest absolute Gasteiger partial charge is 0.155 e. The number of ketones is 1. The van der Waals surface area contributed by atoms with Crippen molar-refractivity contribution >= 4 is 5.78 Å². The van der Waals surface area contributed by atoms with Crippen molar-refractivity contribution in [3.63, 3.8) is 0 Å². The van der Waals surface area contributed by atoms with Gasteiger partial charge < -0.3 is 5.11 Å². The van der Waals surface area contributed by atoms with Gasteiger partial charge in [-0.15, -0.1) is 5.92 Å². The number of aliphatic hydroxyl groups is 1. The monoisotopic (exact) mass is 342 g/mol. The molecule has 3 heteroatoms. The van der Waals surface area contributed by atoms with Crippen molar-refractivity contribution in [3.05, 3.63) is 23.6 Å². The van der Waals surface area contributed by atoms with Crippen molar-refractivity contribution in [2.75, 3.05) is 0 Å². The minimum absolute atomic E-state index is 0.202. The van der Waals surface area contributed by atoms with E-state index < -0.39 is 5.60 Å². The summed E-state index contributed by atoms with van der Waals surface area (Å²) in [4.78, 5) is 11.8. The maximum absolute atomic E-state index is 14.0. The first-order chi connectivity index (χ1) is 11.9. The zero-order chi connectivity index (χ0) is 17.8. The van der Waals surface area contributed by atoms with Crippen LogP contribution in [0.1, 0.15) is 58.8 Å². The lowest BCUT2D eigenvalue weighted by Gasteiger charge is -2.55. The second-order valence-electron chi connectivity index (χ2n) is 8.72. The van der Waals surface area contributed by atoms with Gasteiger partial charge in [0.15, 0.2) is 5.78 Å². The molecule has 4 aliphatic rings. The van der Waals surface area contributed by atoms with Crippen LogP contribution in [-0.2, 0) is 4.79 Å². The van der Waals surface area contributed by atoms with Gasteiger partial charge in [0.05, 0.1) is 6.33 Å². The molecule has 0 aliphatic heterocycles. The summed E-state index contributed by atoms with van der Waals surface area (Å²) in [6, 6.07) is 0. The first-order valence-corrected chi connectivity index (χ1v) is 9.62. The van der Waals surface area contributed by atoms with E-state index in [1.54, 1.807) is 6.92 Å². The largest absolute Gasteiger partial charge is 0.377 e. The Morgan fingerprint density at radius 2 is 2.12 bits per heavy atom. The third-order valence-electron chi connectivity index (χ3n) is 7.75. The van der Waals surface area contributed by atoms with Gasteiger partial charge in [0.2, 0.25) is 0 Å². The van der Waals surface area contributed by atoms with Crippen LogP contribution in [-0.4, -0.2) is 16.5 Å². The fraction of sp³-hybridized carbons (Fsp3) is 0.682. The topological polar surface area (TPSA) is 37.3 Å². The van der Waals surface area contributed by atoms with Crippen molar-refractivity contribution < 1.29 is 14.3 Å². The molecule has 0 aromatic rings. The summed E-state index contributed by atoms with van der Waals surface area (Å²) in [5.74, 6) is 7.48. The quantitative estimate of drug-likeness (QED) is 0.665.